The highest BCUT2D eigenvalue weighted by Gasteiger charge is 2.33. The fourth-order valence-electron chi connectivity index (χ4n) is 2.33. The summed E-state index contributed by atoms with van der Waals surface area (Å²) in [4.78, 5) is 12.1. The highest BCUT2D eigenvalue weighted by atomic mass is 35.5. The molecule has 4 nitrogen and oxygen atoms in total. The molecule has 20 heavy (non-hydrogen) atoms. The van der Waals surface area contributed by atoms with Crippen molar-refractivity contribution in [1.29, 1.82) is 0 Å². The molecule has 1 aliphatic carbocycles. The molecule has 1 aromatic carbocycles. The van der Waals surface area contributed by atoms with Crippen LogP contribution in [-0.4, -0.2) is 15.7 Å². The van der Waals surface area contributed by atoms with Gasteiger partial charge in [-0.05, 0) is 42.5 Å². The first-order chi connectivity index (χ1) is 9.72. The number of nitrogens with zero attached hydrogens (tertiary/aromatic N) is 2. The lowest BCUT2D eigenvalue weighted by Crippen LogP contribution is -2.32. The van der Waals surface area contributed by atoms with Crippen LogP contribution < -0.4 is 5.32 Å². The topological polar surface area (TPSA) is 46.9 Å². The standard InChI is InChI=1S/C15H16ClN3O/c16-13-6-4-12(5-7-13)15(11-2-3-11)18-14(20)10-19-9-1-8-17-19/h1,4-9,11,15H,2-3,10H2,(H,18,20). The summed E-state index contributed by atoms with van der Waals surface area (Å²) in [5.74, 6) is 0.526. The second kappa shape index (κ2) is 5.67. The Morgan fingerprint density at radius 3 is 2.75 bits per heavy atom. The minimum atomic E-state index is -0.0134. The van der Waals surface area contributed by atoms with Crippen molar-refractivity contribution in [2.45, 2.75) is 25.4 Å². The molecule has 0 aliphatic heterocycles. The third-order valence-corrected chi connectivity index (χ3v) is 3.76. The third kappa shape index (κ3) is 3.20. The monoisotopic (exact) mass is 289 g/mol. The molecule has 1 N–H and O–H groups in total. The van der Waals surface area contributed by atoms with Gasteiger partial charge >= 0.3 is 0 Å². The third-order valence-electron chi connectivity index (χ3n) is 3.50. The number of hydrogen-bond donors (Lipinski definition) is 1. The zero-order valence-corrected chi connectivity index (χ0v) is 11.8. The maximum Gasteiger partial charge on any atom is 0.242 e. The number of rotatable bonds is 5. The van der Waals surface area contributed by atoms with Crippen LogP contribution in [-0.2, 0) is 11.3 Å². The number of carbonyl (C=O) groups excluding carboxylic acids is 1. The lowest BCUT2D eigenvalue weighted by molar-refractivity contribution is -0.122. The van der Waals surface area contributed by atoms with Crippen molar-refractivity contribution in [3.8, 4) is 0 Å². The predicted molar refractivity (Wildman–Crippen MR) is 77.3 cm³/mol. The Morgan fingerprint density at radius 1 is 1.40 bits per heavy atom. The van der Waals surface area contributed by atoms with Gasteiger partial charge in [-0.1, -0.05) is 23.7 Å². The Labute approximate surface area is 122 Å². The molecule has 1 aliphatic rings. The van der Waals surface area contributed by atoms with E-state index in [9.17, 15) is 4.79 Å². The molecule has 104 valence electrons. The maximum absolute atomic E-state index is 12.1. The highest BCUT2D eigenvalue weighted by molar-refractivity contribution is 6.30. The molecule has 1 heterocycles. The van der Waals surface area contributed by atoms with Gasteiger partial charge in [-0.2, -0.15) is 5.10 Å². The fraction of sp³-hybridized carbons (Fsp3) is 0.333. The molecule has 0 spiro atoms. The number of halogens is 1. The van der Waals surface area contributed by atoms with Crippen LogP contribution in [0.5, 0.6) is 0 Å². The molecule has 1 atom stereocenters. The van der Waals surface area contributed by atoms with Crippen LogP contribution in [0.4, 0.5) is 0 Å². The van der Waals surface area contributed by atoms with E-state index in [0.29, 0.717) is 10.9 Å². The molecular formula is C15H16ClN3O. The molecule has 1 fully saturated rings. The van der Waals surface area contributed by atoms with E-state index in [1.807, 2.05) is 30.3 Å². The van der Waals surface area contributed by atoms with E-state index >= 15 is 0 Å². The summed E-state index contributed by atoms with van der Waals surface area (Å²) < 4.78 is 1.63. The van der Waals surface area contributed by atoms with Gasteiger partial charge in [-0.3, -0.25) is 9.48 Å². The second-order valence-corrected chi connectivity index (χ2v) is 5.57. The number of carbonyl (C=O) groups is 1. The van der Waals surface area contributed by atoms with Crippen LogP contribution in [0.1, 0.15) is 24.4 Å². The summed E-state index contributed by atoms with van der Waals surface area (Å²) in [5.41, 5.74) is 1.12. The number of amides is 1. The van der Waals surface area contributed by atoms with Gasteiger partial charge in [0.2, 0.25) is 5.91 Å². The largest absolute Gasteiger partial charge is 0.347 e. The summed E-state index contributed by atoms with van der Waals surface area (Å²) in [5, 5.41) is 7.87. The van der Waals surface area contributed by atoms with Crippen LogP contribution >= 0.6 is 11.6 Å². The van der Waals surface area contributed by atoms with E-state index in [2.05, 4.69) is 10.4 Å². The molecule has 1 amide bonds. The number of aromatic nitrogens is 2. The van der Waals surface area contributed by atoms with Crippen molar-refractivity contribution in [1.82, 2.24) is 15.1 Å². The zero-order valence-electron chi connectivity index (χ0n) is 11.0. The predicted octanol–water partition coefficient (Wildman–Crippen LogP) is 2.80. The highest BCUT2D eigenvalue weighted by Crippen LogP contribution is 2.41. The average molecular weight is 290 g/mol. The summed E-state index contributed by atoms with van der Waals surface area (Å²) in [6, 6.07) is 9.59. The van der Waals surface area contributed by atoms with E-state index in [-0.39, 0.29) is 18.5 Å². The summed E-state index contributed by atoms with van der Waals surface area (Å²) in [6.07, 6.45) is 5.78. The van der Waals surface area contributed by atoms with Crippen molar-refractivity contribution in [3.63, 3.8) is 0 Å². The smallest absolute Gasteiger partial charge is 0.242 e. The lowest BCUT2D eigenvalue weighted by Gasteiger charge is -2.19. The van der Waals surface area contributed by atoms with Gasteiger partial charge in [0, 0.05) is 17.4 Å². The first-order valence-corrected chi connectivity index (χ1v) is 7.12. The van der Waals surface area contributed by atoms with Gasteiger partial charge in [0.1, 0.15) is 6.54 Å². The van der Waals surface area contributed by atoms with Gasteiger partial charge in [0.15, 0.2) is 0 Å². The quantitative estimate of drug-likeness (QED) is 0.920. The molecule has 3 rings (SSSR count). The average Bonchev–Trinajstić information content (AvgIpc) is 3.16. The van der Waals surface area contributed by atoms with Crippen LogP contribution in [0, 0.1) is 5.92 Å². The molecule has 2 aromatic rings. The van der Waals surface area contributed by atoms with Gasteiger partial charge in [-0.15, -0.1) is 0 Å². The molecule has 0 saturated heterocycles. The molecule has 0 bridgehead atoms. The van der Waals surface area contributed by atoms with Gasteiger partial charge in [0.25, 0.3) is 0 Å². The Kier molecular flexibility index (Phi) is 3.74. The molecule has 1 aromatic heterocycles. The number of benzene rings is 1. The van der Waals surface area contributed by atoms with Crippen molar-refractivity contribution in [2.75, 3.05) is 0 Å². The SMILES string of the molecule is O=C(Cn1cccn1)NC(c1ccc(Cl)cc1)C1CC1. The maximum atomic E-state index is 12.1. The van der Waals surface area contributed by atoms with E-state index in [1.54, 1.807) is 17.1 Å². The van der Waals surface area contributed by atoms with Crippen LogP contribution in [0.15, 0.2) is 42.7 Å². The summed E-state index contributed by atoms with van der Waals surface area (Å²) in [7, 11) is 0. The molecule has 5 heteroatoms. The Morgan fingerprint density at radius 2 is 2.15 bits per heavy atom. The second-order valence-electron chi connectivity index (χ2n) is 5.14. The van der Waals surface area contributed by atoms with Crippen molar-refractivity contribution >= 4 is 17.5 Å². The van der Waals surface area contributed by atoms with Crippen LogP contribution in [0.2, 0.25) is 5.02 Å². The Hall–Kier alpha value is -1.81. The minimum absolute atomic E-state index is 0.0134. The van der Waals surface area contributed by atoms with E-state index in [0.717, 1.165) is 18.4 Å². The normalized spacial score (nSPS) is 15.8. The molecule has 1 saturated carbocycles. The fourth-order valence-corrected chi connectivity index (χ4v) is 2.46. The number of hydrogen-bond acceptors (Lipinski definition) is 2. The van der Waals surface area contributed by atoms with Gasteiger partial charge in [0.05, 0.1) is 6.04 Å². The first-order valence-electron chi connectivity index (χ1n) is 6.74. The van der Waals surface area contributed by atoms with Crippen LogP contribution in [0.25, 0.3) is 0 Å². The van der Waals surface area contributed by atoms with Crippen molar-refractivity contribution in [3.05, 3.63) is 53.3 Å². The van der Waals surface area contributed by atoms with Gasteiger partial charge < -0.3 is 5.32 Å². The zero-order chi connectivity index (χ0) is 13.9. The lowest BCUT2D eigenvalue weighted by atomic mass is 10.0. The Bertz CT molecular complexity index is 576. The van der Waals surface area contributed by atoms with E-state index in [1.165, 1.54) is 0 Å². The minimum Gasteiger partial charge on any atom is -0.347 e. The molecule has 0 radical (unpaired) electrons. The van der Waals surface area contributed by atoms with Crippen molar-refractivity contribution in [2.24, 2.45) is 5.92 Å². The number of nitrogens with one attached hydrogen (secondary N) is 1. The van der Waals surface area contributed by atoms with Gasteiger partial charge in [-0.25, -0.2) is 0 Å². The Balaban J connectivity index is 1.68. The first kappa shape index (κ1) is 13.2. The molecular weight excluding hydrogens is 274 g/mol. The van der Waals surface area contributed by atoms with E-state index < -0.39 is 0 Å². The molecule has 1 unspecified atom stereocenters. The van der Waals surface area contributed by atoms with Crippen LogP contribution in [0.3, 0.4) is 0 Å². The van der Waals surface area contributed by atoms with Crippen molar-refractivity contribution < 1.29 is 4.79 Å². The summed E-state index contributed by atoms with van der Waals surface area (Å²) >= 11 is 5.91. The summed E-state index contributed by atoms with van der Waals surface area (Å²) in [6.45, 7) is 0.254. The van der Waals surface area contributed by atoms with E-state index in [4.69, 9.17) is 11.6 Å².